The molecule has 27 heavy (non-hydrogen) atoms. The van der Waals surface area contributed by atoms with Crippen molar-refractivity contribution < 1.29 is 14.7 Å². The molecule has 3 aromatic rings. The van der Waals surface area contributed by atoms with Crippen LogP contribution in [0.4, 0.5) is 0 Å². The van der Waals surface area contributed by atoms with E-state index < -0.39 is 5.97 Å². The van der Waals surface area contributed by atoms with Crippen molar-refractivity contribution in [1.82, 2.24) is 15.1 Å². The molecule has 0 bridgehead atoms. The van der Waals surface area contributed by atoms with Crippen molar-refractivity contribution in [3.8, 4) is 0 Å². The smallest absolute Gasteiger partial charge is 0.335 e. The average molecular weight is 363 g/mol. The molecule has 6 heteroatoms. The second kappa shape index (κ2) is 7.23. The van der Waals surface area contributed by atoms with Crippen molar-refractivity contribution in [3.05, 3.63) is 65.4 Å². The number of H-pyrrole nitrogens is 1. The number of amides is 1. The molecule has 138 valence electrons. The van der Waals surface area contributed by atoms with Crippen LogP contribution in [0.2, 0.25) is 0 Å². The highest BCUT2D eigenvalue weighted by atomic mass is 16.4. The van der Waals surface area contributed by atoms with Crippen LogP contribution in [0.5, 0.6) is 0 Å². The molecule has 2 aromatic carbocycles. The zero-order valence-electron chi connectivity index (χ0n) is 14.9. The number of fused-ring (bicyclic) bond motifs is 1. The van der Waals surface area contributed by atoms with Gasteiger partial charge in [0.05, 0.1) is 22.8 Å². The molecule has 1 aliphatic rings. The SMILES string of the molecule is O=C(O)c1ccccc1CC1CCN(C(=O)c2cccc3cn[nH]c23)CC1. The number of nitrogens with zero attached hydrogens (tertiary/aromatic N) is 2. The van der Waals surface area contributed by atoms with Crippen molar-refractivity contribution in [2.75, 3.05) is 13.1 Å². The summed E-state index contributed by atoms with van der Waals surface area (Å²) in [7, 11) is 0. The first-order valence-corrected chi connectivity index (χ1v) is 9.16. The molecule has 6 nitrogen and oxygen atoms in total. The van der Waals surface area contributed by atoms with E-state index in [9.17, 15) is 14.7 Å². The van der Waals surface area contributed by atoms with Gasteiger partial charge in [-0.3, -0.25) is 9.89 Å². The first-order valence-electron chi connectivity index (χ1n) is 9.16. The predicted octanol–water partition coefficient (Wildman–Crippen LogP) is 3.36. The van der Waals surface area contributed by atoms with Crippen LogP contribution in [0.3, 0.4) is 0 Å². The summed E-state index contributed by atoms with van der Waals surface area (Å²) in [6, 6.07) is 12.8. The van der Waals surface area contributed by atoms with Crippen LogP contribution in [-0.4, -0.2) is 45.2 Å². The number of aromatic carboxylic acids is 1. The number of likely N-dealkylation sites (tertiary alicyclic amines) is 1. The van der Waals surface area contributed by atoms with Crippen LogP contribution in [0.25, 0.3) is 10.9 Å². The normalized spacial score (nSPS) is 15.2. The van der Waals surface area contributed by atoms with Crippen LogP contribution >= 0.6 is 0 Å². The molecule has 4 rings (SSSR count). The first kappa shape index (κ1) is 17.3. The number of piperidine rings is 1. The molecule has 1 amide bonds. The van der Waals surface area contributed by atoms with E-state index in [1.807, 2.05) is 35.2 Å². The highest BCUT2D eigenvalue weighted by Crippen LogP contribution is 2.25. The van der Waals surface area contributed by atoms with Crippen molar-refractivity contribution >= 4 is 22.8 Å². The van der Waals surface area contributed by atoms with Crippen molar-refractivity contribution in [3.63, 3.8) is 0 Å². The van der Waals surface area contributed by atoms with Gasteiger partial charge in [-0.2, -0.15) is 5.10 Å². The molecule has 2 N–H and O–H groups in total. The van der Waals surface area contributed by atoms with E-state index in [-0.39, 0.29) is 5.91 Å². The molecule has 2 heterocycles. The van der Waals surface area contributed by atoms with Crippen LogP contribution in [-0.2, 0) is 6.42 Å². The summed E-state index contributed by atoms with van der Waals surface area (Å²) in [4.78, 5) is 26.2. The highest BCUT2D eigenvalue weighted by Gasteiger charge is 2.26. The third-order valence-electron chi connectivity index (χ3n) is 5.37. The topological polar surface area (TPSA) is 86.3 Å². The van der Waals surface area contributed by atoms with Gasteiger partial charge in [0.15, 0.2) is 0 Å². The Kier molecular flexibility index (Phi) is 4.62. The minimum atomic E-state index is -0.883. The second-order valence-corrected chi connectivity index (χ2v) is 7.04. The monoisotopic (exact) mass is 363 g/mol. The van der Waals surface area contributed by atoms with Gasteiger partial charge in [-0.15, -0.1) is 0 Å². The lowest BCUT2D eigenvalue weighted by atomic mass is 9.88. The van der Waals surface area contributed by atoms with E-state index in [4.69, 9.17) is 0 Å². The Hall–Kier alpha value is -3.15. The molecule has 0 saturated carbocycles. The first-order chi connectivity index (χ1) is 13.1. The summed E-state index contributed by atoms with van der Waals surface area (Å²) >= 11 is 0. The number of nitrogens with one attached hydrogen (secondary N) is 1. The number of rotatable bonds is 4. The van der Waals surface area contributed by atoms with Crippen molar-refractivity contribution in [1.29, 1.82) is 0 Å². The lowest BCUT2D eigenvalue weighted by Crippen LogP contribution is -2.39. The van der Waals surface area contributed by atoms with Gasteiger partial charge in [-0.1, -0.05) is 30.3 Å². The molecule has 0 aliphatic carbocycles. The molecule has 0 spiro atoms. The van der Waals surface area contributed by atoms with Crippen LogP contribution in [0.1, 0.15) is 39.1 Å². The largest absolute Gasteiger partial charge is 0.478 e. The number of benzene rings is 2. The Morgan fingerprint density at radius 3 is 2.59 bits per heavy atom. The highest BCUT2D eigenvalue weighted by molar-refractivity contribution is 6.05. The molecule has 0 radical (unpaired) electrons. The summed E-state index contributed by atoms with van der Waals surface area (Å²) in [5, 5.41) is 17.2. The third kappa shape index (κ3) is 3.43. The van der Waals surface area contributed by atoms with Crippen LogP contribution in [0, 0.1) is 5.92 Å². The Bertz CT molecular complexity index is 987. The number of carboxylic acid groups (broad SMARTS) is 1. The quantitative estimate of drug-likeness (QED) is 0.744. The van der Waals surface area contributed by atoms with Gasteiger partial charge in [-0.25, -0.2) is 4.79 Å². The van der Waals surface area contributed by atoms with Crippen LogP contribution < -0.4 is 0 Å². The number of para-hydroxylation sites is 1. The van der Waals surface area contributed by atoms with Gasteiger partial charge >= 0.3 is 5.97 Å². The number of hydrogen-bond acceptors (Lipinski definition) is 3. The Balaban J connectivity index is 1.43. The van der Waals surface area contributed by atoms with E-state index in [2.05, 4.69) is 10.2 Å². The van der Waals surface area contributed by atoms with Crippen molar-refractivity contribution in [2.24, 2.45) is 5.92 Å². The number of carboxylic acids is 1. The molecular formula is C21H21N3O3. The fraction of sp³-hybridized carbons (Fsp3) is 0.286. The summed E-state index contributed by atoms with van der Waals surface area (Å²) < 4.78 is 0. The van der Waals surface area contributed by atoms with Gasteiger partial charge in [-0.05, 0) is 42.9 Å². The number of aromatic amines is 1. The van der Waals surface area contributed by atoms with Gasteiger partial charge < -0.3 is 10.0 Å². The molecular weight excluding hydrogens is 342 g/mol. The van der Waals surface area contributed by atoms with E-state index in [0.717, 1.165) is 35.7 Å². The Labute approximate surface area is 156 Å². The predicted molar refractivity (Wildman–Crippen MR) is 102 cm³/mol. The number of hydrogen-bond donors (Lipinski definition) is 2. The Morgan fingerprint density at radius 1 is 1.07 bits per heavy atom. The minimum absolute atomic E-state index is 0.0224. The second-order valence-electron chi connectivity index (χ2n) is 7.04. The lowest BCUT2D eigenvalue weighted by molar-refractivity contribution is 0.0692. The zero-order valence-corrected chi connectivity index (χ0v) is 14.9. The van der Waals surface area contributed by atoms with E-state index in [1.165, 1.54) is 0 Å². The Morgan fingerprint density at radius 2 is 1.81 bits per heavy atom. The number of carbonyl (C=O) groups is 2. The van der Waals surface area contributed by atoms with E-state index in [1.54, 1.807) is 18.3 Å². The van der Waals surface area contributed by atoms with E-state index in [0.29, 0.717) is 30.1 Å². The molecule has 1 fully saturated rings. The maximum absolute atomic E-state index is 12.9. The van der Waals surface area contributed by atoms with Gasteiger partial charge in [0.25, 0.3) is 5.91 Å². The number of carbonyl (C=O) groups excluding carboxylic acids is 1. The van der Waals surface area contributed by atoms with E-state index >= 15 is 0 Å². The van der Waals surface area contributed by atoms with Gasteiger partial charge in [0.1, 0.15) is 0 Å². The van der Waals surface area contributed by atoms with Gasteiger partial charge in [0, 0.05) is 18.5 Å². The zero-order chi connectivity index (χ0) is 18.8. The average Bonchev–Trinajstić information content (AvgIpc) is 3.17. The fourth-order valence-corrected chi connectivity index (χ4v) is 3.88. The number of aromatic nitrogens is 2. The maximum Gasteiger partial charge on any atom is 0.335 e. The fourth-order valence-electron chi connectivity index (χ4n) is 3.88. The molecule has 0 atom stereocenters. The summed E-state index contributed by atoms with van der Waals surface area (Å²) in [5.41, 5.74) is 2.68. The van der Waals surface area contributed by atoms with Crippen LogP contribution in [0.15, 0.2) is 48.7 Å². The minimum Gasteiger partial charge on any atom is -0.478 e. The molecule has 0 unspecified atom stereocenters. The molecule has 1 aromatic heterocycles. The summed E-state index contributed by atoms with van der Waals surface area (Å²) in [6.45, 7) is 1.37. The van der Waals surface area contributed by atoms with Gasteiger partial charge in [0.2, 0.25) is 0 Å². The van der Waals surface area contributed by atoms with Crippen molar-refractivity contribution in [2.45, 2.75) is 19.3 Å². The summed E-state index contributed by atoms with van der Waals surface area (Å²) in [6.07, 6.45) is 4.20. The molecule has 1 aliphatic heterocycles. The molecule has 1 saturated heterocycles. The maximum atomic E-state index is 12.9. The lowest BCUT2D eigenvalue weighted by Gasteiger charge is -2.32. The third-order valence-corrected chi connectivity index (χ3v) is 5.37. The summed E-state index contributed by atoms with van der Waals surface area (Å²) in [5.74, 6) is -0.474. The standard InChI is InChI=1S/C21H21N3O3/c25-20(18-7-3-5-16-13-22-23-19(16)18)24-10-8-14(9-11-24)12-15-4-1-2-6-17(15)21(26)27/h1-7,13-14H,8-12H2,(H,22,23)(H,26,27).